The fraction of sp³-hybridized carbons (Fsp3) is 0.571. The molecule has 0 bridgehead atoms. The smallest absolute Gasteiger partial charge is 0.164 e. The van der Waals surface area contributed by atoms with Gasteiger partial charge >= 0.3 is 0 Å². The highest BCUT2D eigenvalue weighted by Crippen LogP contribution is 2.39. The van der Waals surface area contributed by atoms with Crippen molar-refractivity contribution < 1.29 is 9.47 Å². The van der Waals surface area contributed by atoms with E-state index in [1.54, 1.807) is 0 Å². The van der Waals surface area contributed by atoms with Crippen molar-refractivity contribution in [1.29, 1.82) is 0 Å². The van der Waals surface area contributed by atoms with Gasteiger partial charge in [-0.25, -0.2) is 0 Å². The number of nitrogens with two attached hydrogens (primary N) is 1. The number of rotatable bonds is 4. The van der Waals surface area contributed by atoms with Crippen molar-refractivity contribution in [2.24, 2.45) is 5.73 Å². The van der Waals surface area contributed by atoms with Gasteiger partial charge < -0.3 is 15.2 Å². The quantitative estimate of drug-likeness (QED) is 0.815. The molecule has 2 rings (SSSR count). The molecule has 1 aromatic rings. The third kappa shape index (κ3) is 2.55. The van der Waals surface area contributed by atoms with Crippen LogP contribution in [0.4, 0.5) is 0 Å². The van der Waals surface area contributed by atoms with E-state index in [1.165, 1.54) is 16.7 Å². The fourth-order valence-corrected chi connectivity index (χ4v) is 2.20. The molecule has 1 heterocycles. The first-order valence-electron chi connectivity index (χ1n) is 6.32. The van der Waals surface area contributed by atoms with Crippen LogP contribution in [0.2, 0.25) is 0 Å². The predicted octanol–water partition coefficient (Wildman–Crippen LogP) is 2.36. The molecule has 0 aliphatic carbocycles. The minimum absolute atomic E-state index is 0.652. The Morgan fingerprint density at radius 1 is 1.12 bits per heavy atom. The zero-order valence-electron chi connectivity index (χ0n) is 10.7. The average molecular weight is 235 g/mol. The number of hydrogen-bond donors (Lipinski definition) is 1. The van der Waals surface area contributed by atoms with Crippen LogP contribution in [0.15, 0.2) is 6.07 Å². The largest absolute Gasteiger partial charge is 0.486 e. The lowest BCUT2D eigenvalue weighted by atomic mass is 9.99. The third-order valence-electron chi connectivity index (χ3n) is 3.30. The molecule has 1 aromatic carbocycles. The van der Waals surface area contributed by atoms with Crippen LogP contribution < -0.4 is 15.2 Å². The zero-order valence-corrected chi connectivity index (χ0v) is 10.7. The number of benzene rings is 1. The second kappa shape index (κ2) is 5.41. The summed E-state index contributed by atoms with van der Waals surface area (Å²) < 4.78 is 11.5. The summed E-state index contributed by atoms with van der Waals surface area (Å²) in [5, 5.41) is 0. The summed E-state index contributed by atoms with van der Waals surface area (Å²) in [4.78, 5) is 0. The summed E-state index contributed by atoms with van der Waals surface area (Å²) in [6.07, 6.45) is 3.18. The molecule has 0 saturated heterocycles. The molecule has 3 nitrogen and oxygen atoms in total. The maximum Gasteiger partial charge on any atom is 0.164 e. The topological polar surface area (TPSA) is 44.5 Å². The number of fused-ring (bicyclic) bond motifs is 1. The molecule has 1 aliphatic rings. The lowest BCUT2D eigenvalue weighted by Gasteiger charge is -2.24. The van der Waals surface area contributed by atoms with E-state index in [-0.39, 0.29) is 0 Å². The van der Waals surface area contributed by atoms with Crippen molar-refractivity contribution in [3.63, 3.8) is 0 Å². The van der Waals surface area contributed by atoms with Crippen LogP contribution in [-0.2, 0) is 6.42 Å². The lowest BCUT2D eigenvalue weighted by Crippen LogP contribution is -2.18. The molecule has 94 valence electrons. The van der Waals surface area contributed by atoms with Crippen molar-refractivity contribution in [1.82, 2.24) is 0 Å². The Labute approximate surface area is 103 Å². The second-order valence-corrected chi connectivity index (χ2v) is 4.58. The van der Waals surface area contributed by atoms with E-state index >= 15 is 0 Å². The summed E-state index contributed by atoms with van der Waals surface area (Å²) in [5.41, 5.74) is 9.26. The fourth-order valence-electron chi connectivity index (χ4n) is 2.20. The van der Waals surface area contributed by atoms with Crippen LogP contribution in [0.1, 0.15) is 29.5 Å². The van der Waals surface area contributed by atoms with E-state index in [9.17, 15) is 0 Å². The average Bonchev–Trinajstić information content (AvgIpc) is 2.36. The van der Waals surface area contributed by atoms with Gasteiger partial charge in [0.05, 0.1) is 0 Å². The molecule has 0 radical (unpaired) electrons. The summed E-state index contributed by atoms with van der Waals surface area (Å²) in [7, 11) is 0. The van der Waals surface area contributed by atoms with E-state index in [1.807, 2.05) is 0 Å². The van der Waals surface area contributed by atoms with Gasteiger partial charge in [0.2, 0.25) is 0 Å². The minimum atomic E-state index is 0.652. The Morgan fingerprint density at radius 2 is 1.82 bits per heavy atom. The molecule has 3 heteroatoms. The molecule has 0 aromatic heterocycles. The van der Waals surface area contributed by atoms with Gasteiger partial charge in [-0.1, -0.05) is 6.07 Å². The van der Waals surface area contributed by atoms with Gasteiger partial charge in [-0.2, -0.15) is 0 Å². The molecule has 0 amide bonds. The van der Waals surface area contributed by atoms with Crippen molar-refractivity contribution in [2.45, 2.75) is 33.1 Å². The van der Waals surface area contributed by atoms with E-state index in [0.717, 1.165) is 37.3 Å². The van der Waals surface area contributed by atoms with Crippen LogP contribution in [0.5, 0.6) is 11.5 Å². The second-order valence-electron chi connectivity index (χ2n) is 4.58. The Morgan fingerprint density at radius 3 is 2.53 bits per heavy atom. The third-order valence-corrected chi connectivity index (χ3v) is 3.30. The summed E-state index contributed by atoms with van der Waals surface area (Å²) >= 11 is 0. The maximum absolute atomic E-state index is 5.76. The van der Waals surface area contributed by atoms with Crippen molar-refractivity contribution >= 4 is 0 Å². The maximum atomic E-state index is 5.76. The van der Waals surface area contributed by atoms with Crippen LogP contribution in [0.25, 0.3) is 0 Å². The number of ether oxygens (including phenoxy) is 2. The Hall–Kier alpha value is -1.22. The van der Waals surface area contributed by atoms with E-state index in [4.69, 9.17) is 15.2 Å². The highest BCUT2D eigenvalue weighted by atomic mass is 16.6. The van der Waals surface area contributed by atoms with Crippen molar-refractivity contribution in [2.75, 3.05) is 19.8 Å². The van der Waals surface area contributed by atoms with Crippen molar-refractivity contribution in [3.8, 4) is 11.5 Å². The van der Waals surface area contributed by atoms with E-state index < -0.39 is 0 Å². The van der Waals surface area contributed by atoms with E-state index in [0.29, 0.717) is 13.2 Å². The van der Waals surface area contributed by atoms with Crippen molar-refractivity contribution in [3.05, 3.63) is 22.8 Å². The zero-order chi connectivity index (χ0) is 12.3. The molecule has 0 saturated carbocycles. The first-order valence-corrected chi connectivity index (χ1v) is 6.32. The molecule has 0 fully saturated rings. The van der Waals surface area contributed by atoms with Gasteiger partial charge in [-0.15, -0.1) is 0 Å². The molecular formula is C14H21NO2. The molecule has 1 aliphatic heterocycles. The standard InChI is InChI=1S/C14H21NO2/c1-10-9-12(5-3-4-6-15)14-13(11(10)2)16-7-8-17-14/h9H,3-8,15H2,1-2H3. The molecule has 2 N–H and O–H groups in total. The first kappa shape index (κ1) is 12.2. The molecule has 0 atom stereocenters. The monoisotopic (exact) mass is 235 g/mol. The van der Waals surface area contributed by atoms with E-state index in [2.05, 4.69) is 19.9 Å². The highest BCUT2D eigenvalue weighted by molar-refractivity contribution is 5.55. The Kier molecular flexibility index (Phi) is 3.89. The van der Waals surface area contributed by atoms with Crippen LogP contribution in [0.3, 0.4) is 0 Å². The summed E-state index contributed by atoms with van der Waals surface area (Å²) in [6, 6.07) is 2.22. The number of hydrogen-bond acceptors (Lipinski definition) is 3. The molecule has 0 spiro atoms. The van der Waals surface area contributed by atoms with Gasteiger partial charge in [-0.3, -0.25) is 0 Å². The van der Waals surface area contributed by atoms with Crippen LogP contribution in [0, 0.1) is 13.8 Å². The van der Waals surface area contributed by atoms with Gasteiger partial charge in [0.15, 0.2) is 11.5 Å². The molecular weight excluding hydrogens is 214 g/mol. The van der Waals surface area contributed by atoms with Crippen LogP contribution in [-0.4, -0.2) is 19.8 Å². The normalized spacial score (nSPS) is 13.8. The SMILES string of the molecule is Cc1cc(CCCCN)c2c(c1C)OCCO2. The molecule has 0 unspecified atom stereocenters. The minimum Gasteiger partial charge on any atom is -0.486 e. The van der Waals surface area contributed by atoms with Crippen LogP contribution >= 0.6 is 0 Å². The first-order chi connectivity index (χ1) is 8.24. The number of unbranched alkanes of at least 4 members (excludes halogenated alkanes) is 1. The Bertz CT molecular complexity index is 402. The number of aryl methyl sites for hydroxylation is 2. The van der Waals surface area contributed by atoms with Gasteiger partial charge in [0.1, 0.15) is 13.2 Å². The predicted molar refractivity (Wildman–Crippen MR) is 68.9 cm³/mol. The summed E-state index contributed by atoms with van der Waals surface area (Å²) in [5.74, 6) is 1.90. The highest BCUT2D eigenvalue weighted by Gasteiger charge is 2.19. The molecule has 17 heavy (non-hydrogen) atoms. The van der Waals surface area contributed by atoms with Gasteiger partial charge in [0, 0.05) is 0 Å². The van der Waals surface area contributed by atoms with Gasteiger partial charge in [-0.05, 0) is 56.3 Å². The summed E-state index contributed by atoms with van der Waals surface area (Å²) in [6.45, 7) is 6.27. The van der Waals surface area contributed by atoms with Gasteiger partial charge in [0.25, 0.3) is 0 Å². The lowest BCUT2D eigenvalue weighted by molar-refractivity contribution is 0.168. The Balaban J connectivity index is 2.28.